The number of esters is 1. The number of hydrogen-bond donors (Lipinski definition) is 2. The number of carbonyl (C=O) groups excluding carboxylic acids is 7. The summed E-state index contributed by atoms with van der Waals surface area (Å²) in [4.78, 5) is 80.5. The third-order valence-corrected chi connectivity index (χ3v) is 12.2. The van der Waals surface area contributed by atoms with Crippen molar-refractivity contribution in [1.29, 1.82) is 0 Å². The Morgan fingerprint density at radius 3 is 1.25 bits per heavy atom. The topological polar surface area (TPSA) is 186 Å². The van der Waals surface area contributed by atoms with E-state index in [2.05, 4.69) is 169 Å². The number of Topliss-reactive ketones (excluding diaryl/α,β-unsaturated/α-hetero) is 2. The van der Waals surface area contributed by atoms with Gasteiger partial charge in [0.1, 0.15) is 24.7 Å². The van der Waals surface area contributed by atoms with Crippen molar-refractivity contribution in [2.45, 2.75) is 263 Å². The van der Waals surface area contributed by atoms with Crippen LogP contribution >= 0.6 is 0 Å². The van der Waals surface area contributed by atoms with Crippen LogP contribution in [0.2, 0.25) is 0 Å². The lowest BCUT2D eigenvalue weighted by Gasteiger charge is -2.29. The van der Waals surface area contributed by atoms with E-state index < -0.39 is 6.10 Å². The van der Waals surface area contributed by atoms with E-state index in [1.165, 1.54) is 41.5 Å². The fourth-order valence-electron chi connectivity index (χ4n) is 7.13. The molecule has 512 valence electrons. The molecule has 6 unspecified atom stereocenters. The van der Waals surface area contributed by atoms with Gasteiger partial charge in [0.05, 0.1) is 19.2 Å². The number of likely N-dealkylation sites (N-methyl/N-ethyl adjacent to an activating group) is 2. The minimum Gasteiger partial charge on any atom is -0.463 e. The number of carbonyl (C=O) groups is 6. The summed E-state index contributed by atoms with van der Waals surface area (Å²) in [6.45, 7) is 57.1. The smallest absolute Gasteiger partial charge is 0.324 e. The summed E-state index contributed by atoms with van der Waals surface area (Å²) in [5.74, 6) is 4.23. The average molecular weight is 1230 g/mol. The van der Waals surface area contributed by atoms with Crippen molar-refractivity contribution in [2.24, 2.45) is 41.4 Å². The molecule has 2 amide bonds. The van der Waals surface area contributed by atoms with Crippen LogP contribution in [0.15, 0.2) is 54.6 Å². The number of nitrogens with one attached hydrogen (secondary N) is 1. The van der Waals surface area contributed by atoms with Crippen LogP contribution < -0.4 is 5.32 Å². The number of nitrogens with zero attached hydrogens (tertiary/aromatic N) is 2. The van der Waals surface area contributed by atoms with Gasteiger partial charge >= 0.3 is 5.97 Å². The molecule has 14 nitrogen and oxygen atoms in total. The molecule has 14 heteroatoms. The third-order valence-electron chi connectivity index (χ3n) is 12.2. The molecule has 0 aromatic heterocycles. The Kier molecular flexibility index (Phi) is 81.3. The van der Waals surface area contributed by atoms with Gasteiger partial charge in [-0.05, 0) is 130 Å². The van der Waals surface area contributed by atoms with Gasteiger partial charge in [0, 0.05) is 32.6 Å². The van der Waals surface area contributed by atoms with Crippen molar-refractivity contribution in [1.82, 2.24) is 15.1 Å². The number of ketones is 2. The molecule has 2 N–H and O–H groups in total. The molecule has 2 rings (SSSR count). The molecule has 0 heterocycles. The maximum atomic E-state index is 12.5. The Balaban J connectivity index is -0.000000120. The number of ether oxygens (including phenoxy) is 3. The molecule has 2 aromatic rings. The van der Waals surface area contributed by atoms with E-state index in [-0.39, 0.29) is 79.7 Å². The molecule has 0 saturated carbocycles. The van der Waals surface area contributed by atoms with Crippen molar-refractivity contribution in [3.8, 4) is 0 Å². The van der Waals surface area contributed by atoms with Crippen LogP contribution in [0.3, 0.4) is 0 Å². The molecule has 0 aliphatic heterocycles. The highest BCUT2D eigenvalue weighted by molar-refractivity contribution is 5.86. The quantitative estimate of drug-likeness (QED) is 0.0394. The molecule has 2 aromatic carbocycles. The van der Waals surface area contributed by atoms with Gasteiger partial charge in [-0.15, -0.1) is 0 Å². The Morgan fingerprint density at radius 2 is 0.989 bits per heavy atom. The van der Waals surface area contributed by atoms with Crippen molar-refractivity contribution in [3.63, 3.8) is 0 Å². The van der Waals surface area contributed by atoms with E-state index in [1.54, 1.807) is 32.9 Å². The second kappa shape index (κ2) is 70.1. The fourth-order valence-corrected chi connectivity index (χ4v) is 7.13. The summed E-state index contributed by atoms with van der Waals surface area (Å²) in [6, 6.07) is 16.5. The summed E-state index contributed by atoms with van der Waals surface area (Å²) in [6.07, 6.45) is 6.37. The number of amides is 2. The van der Waals surface area contributed by atoms with Crippen LogP contribution in [0, 0.1) is 69.1 Å². The van der Waals surface area contributed by atoms with Gasteiger partial charge in [-0.2, -0.15) is 0 Å². The van der Waals surface area contributed by atoms with E-state index in [4.69, 9.17) is 9.47 Å². The zero-order valence-corrected chi connectivity index (χ0v) is 62.1. The number of aryl methyl sites for hydroxylation is 4. The Bertz CT molecular complexity index is 1820. The minimum absolute atomic E-state index is 0.00500. The molecular weight excluding hydrogens is 1090 g/mol. The van der Waals surface area contributed by atoms with Crippen molar-refractivity contribution in [2.75, 3.05) is 48.0 Å². The van der Waals surface area contributed by atoms with Gasteiger partial charge < -0.3 is 29.5 Å². The Hall–Kier alpha value is -5.01. The second-order valence-corrected chi connectivity index (χ2v) is 22.8. The molecule has 0 aliphatic rings. The number of rotatable bonds is 26. The highest BCUT2D eigenvalue weighted by atomic mass is 16.5. The largest absolute Gasteiger partial charge is 0.463 e. The summed E-state index contributed by atoms with van der Waals surface area (Å²) in [7, 11) is 6.93. The molecule has 6 atom stereocenters. The van der Waals surface area contributed by atoms with Crippen LogP contribution in [0.25, 0.3) is 0 Å². The number of aliphatic hydroxyl groups is 1. The van der Waals surface area contributed by atoms with E-state index in [0.717, 1.165) is 50.0 Å². The molecule has 0 bridgehead atoms. The predicted molar refractivity (Wildman–Crippen MR) is 372 cm³/mol. The lowest BCUT2D eigenvalue weighted by Crippen LogP contribution is -2.46. The highest BCUT2D eigenvalue weighted by Gasteiger charge is 2.28. The lowest BCUT2D eigenvalue weighted by molar-refractivity contribution is -0.158. The van der Waals surface area contributed by atoms with Crippen LogP contribution in [-0.4, -0.2) is 129 Å². The summed E-state index contributed by atoms with van der Waals surface area (Å²) in [5.41, 5.74) is 5.32. The summed E-state index contributed by atoms with van der Waals surface area (Å²) < 4.78 is 14.0. The molecule has 0 spiro atoms. The summed E-state index contributed by atoms with van der Waals surface area (Å²) in [5, 5.41) is 12.3. The maximum Gasteiger partial charge on any atom is 0.324 e. The average Bonchev–Trinajstić information content (AvgIpc) is 3.53. The third kappa shape index (κ3) is 70.0. The van der Waals surface area contributed by atoms with Gasteiger partial charge in [0.15, 0.2) is 17.7 Å². The van der Waals surface area contributed by atoms with Gasteiger partial charge in [-0.25, -0.2) is 4.79 Å². The first-order valence-corrected chi connectivity index (χ1v) is 32.6. The standard InChI is InChI=1S/C19H38N2O3.C12H23NO3.2C8H10.C7H14O2.C7H16.C4H4O3.4C2H6/c1-8-15(6)17(10-14(4)5)19(24)20-11-18(23)21(7)16(12-22)9-13(2)3;1-8(2)7-11(13(5)6)12(15)16-10(4)9(3)14;2*1-7-3-5-8(2)6-4-7;1-4-5-7(8)6(2)9-3;1-6(2)5-7(3)4;5-2-1-3-7-4-6;4*1-2/h13-17,22H,8-12H2,1-7H3,(H,20,24);8,10-11H,7H2,1-6H3;2*3-6H,1-2H3;6H,4-5H2,1-3H3;6-7H,5H2,1-4H3;1,4H,3H2;4*1-2H3. The van der Waals surface area contributed by atoms with E-state index in [0.29, 0.717) is 30.1 Å². The normalized spacial score (nSPS) is 11.7. The van der Waals surface area contributed by atoms with E-state index in [1.807, 2.05) is 81.3 Å². The molecule has 0 saturated heterocycles. The molecule has 0 aliphatic carbocycles. The maximum absolute atomic E-state index is 12.5. The van der Waals surface area contributed by atoms with Crippen molar-refractivity contribution >= 4 is 41.8 Å². The summed E-state index contributed by atoms with van der Waals surface area (Å²) >= 11 is 0. The minimum atomic E-state index is -0.651. The van der Waals surface area contributed by atoms with Gasteiger partial charge in [0.2, 0.25) is 11.8 Å². The Morgan fingerprint density at radius 1 is 0.609 bits per heavy atom. The first-order valence-electron chi connectivity index (χ1n) is 32.6. The van der Waals surface area contributed by atoms with Gasteiger partial charge in [-0.1, -0.05) is 223 Å². The monoisotopic (exact) mass is 1230 g/mol. The molecule has 87 heavy (non-hydrogen) atoms. The van der Waals surface area contributed by atoms with Crippen LogP contribution in [0.5, 0.6) is 0 Å². The van der Waals surface area contributed by atoms with Gasteiger partial charge in [-0.3, -0.25) is 33.7 Å². The lowest BCUT2D eigenvalue weighted by atomic mass is 9.84. The number of benzene rings is 2. The molecule has 0 fully saturated rings. The van der Waals surface area contributed by atoms with E-state index in [9.17, 15) is 38.7 Å². The second-order valence-electron chi connectivity index (χ2n) is 22.8. The van der Waals surface area contributed by atoms with Crippen LogP contribution in [-0.2, 0) is 47.8 Å². The van der Waals surface area contributed by atoms with Gasteiger partial charge in [0.25, 0.3) is 6.47 Å². The van der Waals surface area contributed by atoms with Crippen LogP contribution in [0.4, 0.5) is 0 Å². The fraction of sp³-hybridized carbons (Fsp3) is 0.726. The van der Waals surface area contributed by atoms with Crippen LogP contribution in [0.1, 0.15) is 233 Å². The predicted octanol–water partition coefficient (Wildman–Crippen LogP) is 16.5. The molecular formula is C73H139N3O11. The zero-order valence-electron chi connectivity index (χ0n) is 62.1. The van der Waals surface area contributed by atoms with Crippen molar-refractivity contribution in [3.05, 3.63) is 76.9 Å². The SMILES string of the molecule is CC.CC.CC.CC.CC(=O)C(C)OC(=O)C(CC(C)C)N(C)C.CC(C)CC(C)C.CCC(C)C(CC(C)C)C(=O)NCC(=O)N(C)C(CO)CC(C)C.CCCC(=O)C(C)OC.Cc1ccc(C)cc1.Cc1ccc(C)cc1.O=C=CCOC=O. The molecule has 0 radical (unpaired) electrons. The number of hydrogen-bond acceptors (Lipinski definition) is 12. The first kappa shape index (κ1) is 101. The van der Waals surface area contributed by atoms with E-state index >= 15 is 0 Å². The number of methoxy groups -OCH3 is 1. The highest BCUT2D eigenvalue weighted by Crippen LogP contribution is 2.23. The zero-order chi connectivity index (χ0) is 70.4. The number of aliphatic hydroxyl groups excluding tert-OH is 1. The Labute approximate surface area is 536 Å². The van der Waals surface area contributed by atoms with Crippen molar-refractivity contribution < 1.29 is 52.9 Å². The first-order chi connectivity index (χ1) is 40.7.